The van der Waals surface area contributed by atoms with Crippen LogP contribution in [0.15, 0.2) is 42.5 Å². The Morgan fingerprint density at radius 2 is 1.83 bits per heavy atom. The number of aromatic hydroxyl groups is 1. The topological polar surface area (TPSA) is 69.6 Å². The molecule has 2 aromatic rings. The van der Waals surface area contributed by atoms with E-state index in [4.69, 9.17) is 0 Å². The van der Waals surface area contributed by atoms with Crippen LogP contribution in [0.5, 0.6) is 5.75 Å². The number of carbonyl (C=O) groups excluding carboxylic acids is 1. The summed E-state index contributed by atoms with van der Waals surface area (Å²) in [6, 6.07) is 12.6. The molecule has 128 valence electrons. The van der Waals surface area contributed by atoms with Gasteiger partial charge in [-0.15, -0.1) is 0 Å². The number of amides is 1. The highest BCUT2D eigenvalue weighted by molar-refractivity contribution is 5.92. The molecule has 0 fully saturated rings. The van der Waals surface area contributed by atoms with Crippen molar-refractivity contribution in [2.24, 2.45) is 0 Å². The van der Waals surface area contributed by atoms with Crippen molar-refractivity contribution in [2.45, 2.75) is 45.6 Å². The third-order valence-corrected chi connectivity index (χ3v) is 4.17. The second-order valence-corrected chi connectivity index (χ2v) is 6.75. The minimum atomic E-state index is -1.24. The fourth-order valence-corrected chi connectivity index (χ4v) is 2.71. The summed E-state index contributed by atoms with van der Waals surface area (Å²) >= 11 is 0. The lowest BCUT2D eigenvalue weighted by Gasteiger charge is -2.23. The molecule has 4 heteroatoms. The van der Waals surface area contributed by atoms with Crippen molar-refractivity contribution in [3.63, 3.8) is 0 Å². The van der Waals surface area contributed by atoms with Gasteiger partial charge in [0, 0.05) is 5.69 Å². The van der Waals surface area contributed by atoms with Crippen molar-refractivity contribution in [1.82, 2.24) is 0 Å². The molecule has 0 bridgehead atoms. The summed E-state index contributed by atoms with van der Waals surface area (Å²) < 4.78 is 0. The van der Waals surface area contributed by atoms with Crippen LogP contribution in [0.3, 0.4) is 0 Å². The van der Waals surface area contributed by atoms with Gasteiger partial charge in [0.2, 0.25) is 5.91 Å². The van der Waals surface area contributed by atoms with Gasteiger partial charge in [0.1, 0.15) is 5.75 Å². The molecule has 2 rings (SSSR count). The molecule has 0 aliphatic heterocycles. The molecule has 0 aromatic heterocycles. The first kappa shape index (κ1) is 18.0. The number of benzene rings is 2. The molecule has 2 aromatic carbocycles. The first-order valence-corrected chi connectivity index (χ1v) is 8.12. The molecule has 0 heterocycles. The zero-order chi connectivity index (χ0) is 17.9. The third kappa shape index (κ3) is 4.15. The fourth-order valence-electron chi connectivity index (χ4n) is 2.71. The summed E-state index contributed by atoms with van der Waals surface area (Å²) in [5, 5.41) is 23.4. The van der Waals surface area contributed by atoms with Crippen LogP contribution >= 0.6 is 0 Å². The highest BCUT2D eigenvalue weighted by Gasteiger charge is 2.26. The Bertz CT molecular complexity index is 721. The van der Waals surface area contributed by atoms with Crippen molar-refractivity contribution < 1.29 is 15.0 Å². The minimum absolute atomic E-state index is 0.0473. The number of carbonyl (C=O) groups is 1. The van der Waals surface area contributed by atoms with Gasteiger partial charge in [-0.1, -0.05) is 44.2 Å². The van der Waals surface area contributed by atoms with Crippen LogP contribution in [-0.4, -0.2) is 16.1 Å². The maximum absolute atomic E-state index is 12.4. The van der Waals surface area contributed by atoms with Crippen molar-refractivity contribution in [2.75, 3.05) is 5.32 Å². The molecule has 0 spiro atoms. The van der Waals surface area contributed by atoms with Gasteiger partial charge in [0.15, 0.2) is 0 Å². The summed E-state index contributed by atoms with van der Waals surface area (Å²) in [5.74, 6) is 0.109. The minimum Gasteiger partial charge on any atom is -0.508 e. The predicted molar refractivity (Wildman–Crippen MR) is 96.2 cm³/mol. The number of anilines is 1. The van der Waals surface area contributed by atoms with E-state index in [-0.39, 0.29) is 24.0 Å². The molecule has 0 radical (unpaired) electrons. The highest BCUT2D eigenvalue weighted by atomic mass is 16.3. The monoisotopic (exact) mass is 327 g/mol. The third-order valence-electron chi connectivity index (χ3n) is 4.17. The van der Waals surface area contributed by atoms with E-state index in [9.17, 15) is 15.0 Å². The molecule has 0 aliphatic rings. The Kier molecular flexibility index (Phi) is 5.30. The lowest BCUT2D eigenvalue weighted by Crippen LogP contribution is -2.28. The van der Waals surface area contributed by atoms with Crippen LogP contribution in [0.1, 0.15) is 49.8 Å². The summed E-state index contributed by atoms with van der Waals surface area (Å²) in [6.45, 7) is 7.42. The number of hydrogen-bond acceptors (Lipinski definition) is 3. The Morgan fingerprint density at radius 1 is 1.21 bits per heavy atom. The Balaban J connectivity index is 2.17. The molecule has 1 unspecified atom stereocenters. The number of phenols is 1. The van der Waals surface area contributed by atoms with E-state index in [2.05, 4.69) is 5.32 Å². The van der Waals surface area contributed by atoms with Gasteiger partial charge in [-0.2, -0.15) is 0 Å². The van der Waals surface area contributed by atoms with E-state index in [0.29, 0.717) is 11.3 Å². The van der Waals surface area contributed by atoms with E-state index in [0.717, 1.165) is 11.1 Å². The molecule has 3 N–H and O–H groups in total. The average Bonchev–Trinajstić information content (AvgIpc) is 2.50. The maximum atomic E-state index is 12.4. The summed E-state index contributed by atoms with van der Waals surface area (Å²) in [5.41, 5.74) is 1.68. The standard InChI is InChI=1S/C20H25NO3/c1-13(2)16-11-17(14(3)10-18(16)22)21-19(23)12-20(4,24)15-8-6-5-7-9-15/h5-11,13,22,24H,12H2,1-4H3,(H,21,23). The van der Waals surface area contributed by atoms with Gasteiger partial charge in [0.05, 0.1) is 12.0 Å². The maximum Gasteiger partial charge on any atom is 0.227 e. The first-order chi connectivity index (χ1) is 11.2. The zero-order valence-corrected chi connectivity index (χ0v) is 14.6. The van der Waals surface area contributed by atoms with Gasteiger partial charge in [-0.3, -0.25) is 4.79 Å². The molecule has 0 saturated heterocycles. The van der Waals surface area contributed by atoms with E-state index in [1.165, 1.54) is 0 Å². The number of phenolic OH excluding ortho intramolecular Hbond substituents is 1. The largest absolute Gasteiger partial charge is 0.508 e. The molecule has 24 heavy (non-hydrogen) atoms. The zero-order valence-electron chi connectivity index (χ0n) is 14.6. The average molecular weight is 327 g/mol. The van der Waals surface area contributed by atoms with Crippen LogP contribution in [0, 0.1) is 6.92 Å². The van der Waals surface area contributed by atoms with Crippen molar-refractivity contribution in [3.8, 4) is 5.75 Å². The van der Waals surface area contributed by atoms with Crippen LogP contribution in [0.25, 0.3) is 0 Å². The number of rotatable bonds is 5. The van der Waals surface area contributed by atoms with Gasteiger partial charge >= 0.3 is 0 Å². The molecule has 1 amide bonds. The van der Waals surface area contributed by atoms with Crippen molar-refractivity contribution >= 4 is 11.6 Å². The Labute approximate surface area is 143 Å². The number of nitrogens with one attached hydrogen (secondary N) is 1. The lowest BCUT2D eigenvalue weighted by molar-refractivity contribution is -0.120. The lowest BCUT2D eigenvalue weighted by atomic mass is 9.92. The van der Waals surface area contributed by atoms with Gasteiger partial charge in [-0.05, 0) is 48.6 Å². The smallest absolute Gasteiger partial charge is 0.227 e. The molecule has 0 saturated carbocycles. The van der Waals surface area contributed by atoms with Gasteiger partial charge < -0.3 is 15.5 Å². The normalized spacial score (nSPS) is 13.6. The fraction of sp³-hybridized carbons (Fsp3) is 0.350. The first-order valence-electron chi connectivity index (χ1n) is 8.12. The summed E-state index contributed by atoms with van der Waals surface area (Å²) in [7, 11) is 0. The SMILES string of the molecule is Cc1cc(O)c(C(C)C)cc1NC(=O)CC(C)(O)c1ccccc1. The molecule has 1 atom stereocenters. The number of aryl methyl sites for hydroxylation is 1. The molecule has 4 nitrogen and oxygen atoms in total. The van der Waals surface area contributed by atoms with Crippen LogP contribution in [-0.2, 0) is 10.4 Å². The van der Waals surface area contributed by atoms with E-state index in [1.807, 2.05) is 39.0 Å². The quantitative estimate of drug-likeness (QED) is 0.725. The second kappa shape index (κ2) is 7.05. The van der Waals surface area contributed by atoms with E-state index >= 15 is 0 Å². The predicted octanol–water partition coefficient (Wildman–Crippen LogP) is 4.06. The second-order valence-electron chi connectivity index (χ2n) is 6.75. The van der Waals surface area contributed by atoms with Gasteiger partial charge in [0.25, 0.3) is 0 Å². The van der Waals surface area contributed by atoms with Crippen molar-refractivity contribution in [3.05, 3.63) is 59.2 Å². The number of aliphatic hydroxyl groups is 1. The van der Waals surface area contributed by atoms with Crippen LogP contribution < -0.4 is 5.32 Å². The Morgan fingerprint density at radius 3 is 2.42 bits per heavy atom. The molecule has 0 aliphatic carbocycles. The summed E-state index contributed by atoms with van der Waals surface area (Å²) in [6.07, 6.45) is -0.0473. The van der Waals surface area contributed by atoms with Crippen molar-refractivity contribution in [1.29, 1.82) is 0 Å². The molecular formula is C20H25NO3. The molecular weight excluding hydrogens is 302 g/mol. The Hall–Kier alpha value is -2.33. The highest BCUT2D eigenvalue weighted by Crippen LogP contribution is 2.32. The van der Waals surface area contributed by atoms with Gasteiger partial charge in [-0.25, -0.2) is 0 Å². The number of hydrogen-bond donors (Lipinski definition) is 3. The van der Waals surface area contributed by atoms with E-state index in [1.54, 1.807) is 31.2 Å². The van der Waals surface area contributed by atoms with Crippen LogP contribution in [0.4, 0.5) is 5.69 Å². The summed E-state index contributed by atoms with van der Waals surface area (Å²) in [4.78, 5) is 12.4. The van der Waals surface area contributed by atoms with E-state index < -0.39 is 5.60 Å². The van der Waals surface area contributed by atoms with Crippen LogP contribution in [0.2, 0.25) is 0 Å².